The molecule has 0 atom stereocenters. The first-order valence-corrected chi connectivity index (χ1v) is 6.92. The highest BCUT2D eigenvalue weighted by molar-refractivity contribution is 7.13. The van der Waals surface area contributed by atoms with Gasteiger partial charge in [-0.2, -0.15) is 0 Å². The van der Waals surface area contributed by atoms with Crippen molar-refractivity contribution in [3.8, 4) is 21.8 Å². The van der Waals surface area contributed by atoms with E-state index < -0.39 is 0 Å². The summed E-state index contributed by atoms with van der Waals surface area (Å²) in [5.74, 6) is 0.779. The summed E-state index contributed by atoms with van der Waals surface area (Å²) < 4.78 is 0. The van der Waals surface area contributed by atoms with Gasteiger partial charge in [0.05, 0.1) is 21.8 Å². The fraction of sp³-hybridized carbons (Fsp3) is 0.133. The van der Waals surface area contributed by atoms with Gasteiger partial charge < -0.3 is 0 Å². The first-order chi connectivity index (χ1) is 9.24. The number of hydrogen-bond acceptors (Lipinski definition) is 4. The quantitative estimate of drug-likeness (QED) is 0.707. The number of aryl methyl sites for hydroxylation is 2. The minimum absolute atomic E-state index is 0.779. The van der Waals surface area contributed by atoms with Gasteiger partial charge in [-0.25, -0.2) is 15.0 Å². The Bertz CT molecular complexity index is 659. The largest absolute Gasteiger partial charge is 0.244 e. The summed E-state index contributed by atoms with van der Waals surface area (Å²) in [6.45, 7) is 3.99. The Morgan fingerprint density at radius 2 is 1.95 bits per heavy atom. The van der Waals surface area contributed by atoms with E-state index in [4.69, 9.17) is 0 Å². The average Bonchev–Trinajstić information content (AvgIpc) is 2.88. The van der Waals surface area contributed by atoms with Gasteiger partial charge in [0.1, 0.15) is 5.82 Å². The van der Waals surface area contributed by atoms with Gasteiger partial charge in [0.15, 0.2) is 0 Å². The molecule has 0 saturated heterocycles. The molecule has 2 aromatic heterocycles. The topological polar surface area (TPSA) is 38.7 Å². The summed E-state index contributed by atoms with van der Waals surface area (Å²) in [5.41, 5.74) is 6.16. The molecule has 3 rings (SSSR count). The van der Waals surface area contributed by atoms with Gasteiger partial charge in [0.25, 0.3) is 0 Å². The fourth-order valence-corrected chi connectivity index (χ4v) is 2.79. The van der Waals surface area contributed by atoms with E-state index in [1.165, 1.54) is 5.56 Å². The minimum atomic E-state index is 0.779. The molecule has 0 bridgehead atoms. The molecule has 2 heterocycles. The van der Waals surface area contributed by atoms with Crippen LogP contribution >= 0.6 is 11.3 Å². The van der Waals surface area contributed by atoms with Crippen LogP contribution in [0, 0.1) is 13.8 Å². The Balaban J connectivity index is 2.13. The molecular weight excluding hydrogens is 254 g/mol. The zero-order valence-corrected chi connectivity index (χ0v) is 11.6. The lowest BCUT2D eigenvalue weighted by Gasteiger charge is -2.03. The van der Waals surface area contributed by atoms with Crippen LogP contribution in [0.3, 0.4) is 0 Å². The molecule has 1 aromatic carbocycles. The lowest BCUT2D eigenvalue weighted by atomic mass is 10.1. The minimum Gasteiger partial charge on any atom is -0.244 e. The predicted molar refractivity (Wildman–Crippen MR) is 78.1 cm³/mol. The SMILES string of the molecule is Cc1cccc(-c2ncsc2-c2ccnc(C)n2)c1. The third kappa shape index (κ3) is 2.39. The Morgan fingerprint density at radius 1 is 1.05 bits per heavy atom. The van der Waals surface area contributed by atoms with E-state index in [9.17, 15) is 0 Å². The smallest absolute Gasteiger partial charge is 0.125 e. The summed E-state index contributed by atoms with van der Waals surface area (Å²) in [7, 11) is 0. The van der Waals surface area contributed by atoms with Crippen LogP contribution in [-0.4, -0.2) is 15.0 Å². The lowest BCUT2D eigenvalue weighted by Crippen LogP contribution is -1.90. The molecule has 0 radical (unpaired) electrons. The van der Waals surface area contributed by atoms with Crippen LogP contribution in [0.25, 0.3) is 21.8 Å². The van der Waals surface area contributed by atoms with Crippen molar-refractivity contribution in [2.24, 2.45) is 0 Å². The van der Waals surface area contributed by atoms with Crippen LogP contribution in [0.2, 0.25) is 0 Å². The van der Waals surface area contributed by atoms with Crippen molar-refractivity contribution < 1.29 is 0 Å². The normalized spacial score (nSPS) is 10.6. The molecule has 3 aromatic rings. The number of aromatic nitrogens is 3. The van der Waals surface area contributed by atoms with Crippen molar-refractivity contribution >= 4 is 11.3 Å². The first-order valence-electron chi connectivity index (χ1n) is 6.04. The maximum atomic E-state index is 4.49. The highest BCUT2D eigenvalue weighted by Gasteiger charge is 2.12. The van der Waals surface area contributed by atoms with E-state index >= 15 is 0 Å². The maximum absolute atomic E-state index is 4.49. The second-order valence-corrected chi connectivity index (χ2v) is 5.24. The molecule has 0 fully saturated rings. The molecule has 19 heavy (non-hydrogen) atoms. The van der Waals surface area contributed by atoms with Gasteiger partial charge in [0, 0.05) is 11.8 Å². The van der Waals surface area contributed by atoms with Crippen LogP contribution in [0.5, 0.6) is 0 Å². The molecule has 4 heteroatoms. The number of nitrogens with zero attached hydrogens (tertiary/aromatic N) is 3. The van der Waals surface area contributed by atoms with E-state index in [0.717, 1.165) is 27.7 Å². The molecule has 0 aliphatic carbocycles. The number of benzene rings is 1. The van der Waals surface area contributed by atoms with Crippen molar-refractivity contribution in [1.82, 2.24) is 15.0 Å². The first kappa shape index (κ1) is 12.0. The molecule has 0 aliphatic rings. The Labute approximate surface area is 116 Å². The number of rotatable bonds is 2. The second-order valence-electron chi connectivity index (χ2n) is 4.39. The summed E-state index contributed by atoms with van der Waals surface area (Å²) in [4.78, 5) is 14.2. The van der Waals surface area contributed by atoms with Crippen LogP contribution in [0.15, 0.2) is 42.0 Å². The molecule has 0 amide bonds. The third-order valence-electron chi connectivity index (χ3n) is 2.87. The van der Waals surface area contributed by atoms with Crippen LogP contribution in [-0.2, 0) is 0 Å². The second kappa shape index (κ2) is 4.90. The van der Waals surface area contributed by atoms with Crippen molar-refractivity contribution in [2.45, 2.75) is 13.8 Å². The summed E-state index contributed by atoms with van der Waals surface area (Å²) in [5, 5.41) is 0. The van der Waals surface area contributed by atoms with Crippen molar-refractivity contribution in [3.63, 3.8) is 0 Å². The summed E-state index contributed by atoms with van der Waals surface area (Å²) in [6.07, 6.45) is 1.79. The van der Waals surface area contributed by atoms with E-state index in [1.54, 1.807) is 17.5 Å². The van der Waals surface area contributed by atoms with Gasteiger partial charge in [-0.15, -0.1) is 11.3 Å². The van der Waals surface area contributed by atoms with E-state index in [1.807, 2.05) is 18.5 Å². The van der Waals surface area contributed by atoms with Crippen LogP contribution < -0.4 is 0 Å². The molecule has 3 nitrogen and oxygen atoms in total. The fourth-order valence-electron chi connectivity index (χ4n) is 2.01. The maximum Gasteiger partial charge on any atom is 0.125 e. The van der Waals surface area contributed by atoms with Crippen LogP contribution in [0.4, 0.5) is 0 Å². The molecular formula is C15H13N3S. The van der Waals surface area contributed by atoms with E-state index in [-0.39, 0.29) is 0 Å². The Morgan fingerprint density at radius 3 is 2.74 bits per heavy atom. The summed E-state index contributed by atoms with van der Waals surface area (Å²) >= 11 is 1.61. The van der Waals surface area contributed by atoms with Crippen molar-refractivity contribution in [1.29, 1.82) is 0 Å². The summed E-state index contributed by atoms with van der Waals surface area (Å²) in [6, 6.07) is 10.3. The van der Waals surface area contributed by atoms with Gasteiger partial charge in [-0.05, 0) is 26.0 Å². The van der Waals surface area contributed by atoms with Gasteiger partial charge in [-0.3, -0.25) is 0 Å². The third-order valence-corrected chi connectivity index (χ3v) is 3.72. The van der Waals surface area contributed by atoms with Gasteiger partial charge in [-0.1, -0.05) is 23.8 Å². The zero-order valence-electron chi connectivity index (χ0n) is 10.8. The molecule has 0 N–H and O–H groups in total. The molecule has 0 saturated carbocycles. The van der Waals surface area contributed by atoms with E-state index in [0.29, 0.717) is 0 Å². The van der Waals surface area contributed by atoms with Crippen molar-refractivity contribution in [2.75, 3.05) is 0 Å². The Kier molecular flexibility index (Phi) is 3.09. The van der Waals surface area contributed by atoms with Gasteiger partial charge in [0.2, 0.25) is 0 Å². The molecule has 0 unspecified atom stereocenters. The lowest BCUT2D eigenvalue weighted by molar-refractivity contribution is 1.06. The zero-order chi connectivity index (χ0) is 13.2. The predicted octanol–water partition coefficient (Wildman–Crippen LogP) is 3.88. The van der Waals surface area contributed by atoms with Crippen LogP contribution in [0.1, 0.15) is 11.4 Å². The van der Waals surface area contributed by atoms with Gasteiger partial charge >= 0.3 is 0 Å². The van der Waals surface area contributed by atoms with E-state index in [2.05, 4.69) is 46.1 Å². The number of hydrogen-bond donors (Lipinski definition) is 0. The number of thiazole rings is 1. The molecule has 94 valence electrons. The highest BCUT2D eigenvalue weighted by Crippen LogP contribution is 2.33. The molecule has 0 spiro atoms. The van der Waals surface area contributed by atoms with Crippen molar-refractivity contribution in [3.05, 3.63) is 53.4 Å². The average molecular weight is 267 g/mol. The Hall–Kier alpha value is -2.07. The standard InChI is InChI=1S/C15H13N3S/c1-10-4-3-5-12(8-10)14-15(19-9-17-14)13-6-7-16-11(2)18-13/h3-9H,1-2H3. The monoisotopic (exact) mass is 267 g/mol. The molecule has 0 aliphatic heterocycles. The highest BCUT2D eigenvalue weighted by atomic mass is 32.1.